The molecule has 0 aliphatic heterocycles. The summed E-state index contributed by atoms with van der Waals surface area (Å²) in [5.41, 5.74) is 1.08. The van der Waals surface area contributed by atoms with Gasteiger partial charge in [-0.25, -0.2) is 4.39 Å². The number of rotatable bonds is 3. The quantitative estimate of drug-likeness (QED) is 0.797. The Hall–Kier alpha value is -1.62. The van der Waals surface area contributed by atoms with E-state index in [1.165, 1.54) is 12.1 Å². The fourth-order valence-electron chi connectivity index (χ4n) is 2.17. The van der Waals surface area contributed by atoms with E-state index >= 15 is 0 Å². The number of hydrogen-bond acceptors (Lipinski definition) is 2. The Morgan fingerprint density at radius 2 is 1.76 bits per heavy atom. The monoisotopic (exact) mass is 353 g/mol. The van der Waals surface area contributed by atoms with Gasteiger partial charge in [-0.05, 0) is 73.0 Å². The molecule has 0 amide bonds. The first kappa shape index (κ1) is 15.8. The van der Waals surface area contributed by atoms with E-state index in [0.717, 1.165) is 0 Å². The second kappa shape index (κ2) is 6.02. The molecule has 0 bridgehead atoms. The zero-order valence-electron chi connectivity index (χ0n) is 12.4. The highest BCUT2D eigenvalue weighted by Crippen LogP contribution is 2.31. The summed E-state index contributed by atoms with van der Waals surface area (Å²) in [6, 6.07) is 4.58. The number of hydrogen-bond donors (Lipinski definition) is 0. The smallest absolute Gasteiger partial charge is 0.294 e. The van der Waals surface area contributed by atoms with Crippen LogP contribution in [0.25, 0.3) is 0 Å². The van der Waals surface area contributed by atoms with Gasteiger partial charge in [-0.15, -0.1) is 0 Å². The first-order chi connectivity index (χ1) is 9.81. The van der Waals surface area contributed by atoms with Crippen LogP contribution in [0.5, 0.6) is 11.5 Å². The van der Waals surface area contributed by atoms with Crippen LogP contribution in [-0.2, 0) is 0 Å². The Morgan fingerprint density at radius 3 is 2.29 bits per heavy atom. The Bertz CT molecular complexity index is 715. The third-order valence-corrected chi connectivity index (χ3v) is 3.84. The molecule has 0 fully saturated rings. The highest BCUT2D eigenvalue weighted by molar-refractivity contribution is 9.10. The van der Waals surface area contributed by atoms with Gasteiger partial charge in [0.05, 0.1) is 4.47 Å². The van der Waals surface area contributed by atoms with E-state index in [4.69, 9.17) is 4.74 Å². The standard InChI is InChI=1S/C16H17BrFNO2/c1-9(2)19-6-5-13(17)15(16(19)20)21-14-10(3)7-12(18)8-11(14)4/h5-9H,1-4H3. The molecule has 3 nitrogen and oxygen atoms in total. The van der Waals surface area contributed by atoms with Gasteiger partial charge in [-0.1, -0.05) is 0 Å². The SMILES string of the molecule is Cc1cc(F)cc(C)c1Oc1c(Br)ccn(C(C)C)c1=O. The van der Waals surface area contributed by atoms with Gasteiger partial charge >= 0.3 is 0 Å². The number of halogens is 2. The molecule has 1 aromatic heterocycles. The van der Waals surface area contributed by atoms with Gasteiger partial charge in [0.25, 0.3) is 5.56 Å². The summed E-state index contributed by atoms with van der Waals surface area (Å²) >= 11 is 3.34. The van der Waals surface area contributed by atoms with Crippen molar-refractivity contribution in [3.8, 4) is 11.5 Å². The molecule has 1 heterocycles. The molecule has 0 saturated heterocycles. The van der Waals surface area contributed by atoms with Crippen LogP contribution >= 0.6 is 15.9 Å². The van der Waals surface area contributed by atoms with Gasteiger partial charge < -0.3 is 9.30 Å². The maximum absolute atomic E-state index is 13.3. The number of nitrogens with zero attached hydrogens (tertiary/aromatic N) is 1. The van der Waals surface area contributed by atoms with Crippen LogP contribution in [-0.4, -0.2) is 4.57 Å². The lowest BCUT2D eigenvalue weighted by Gasteiger charge is -2.16. The highest BCUT2D eigenvalue weighted by atomic mass is 79.9. The van der Waals surface area contributed by atoms with Crippen molar-refractivity contribution < 1.29 is 9.13 Å². The van der Waals surface area contributed by atoms with Crippen LogP contribution in [0.4, 0.5) is 4.39 Å². The van der Waals surface area contributed by atoms with Crippen molar-refractivity contribution in [3.63, 3.8) is 0 Å². The van der Waals surface area contributed by atoms with Crippen LogP contribution in [0.2, 0.25) is 0 Å². The topological polar surface area (TPSA) is 31.2 Å². The van der Waals surface area contributed by atoms with E-state index in [2.05, 4.69) is 15.9 Å². The molecular weight excluding hydrogens is 337 g/mol. The highest BCUT2D eigenvalue weighted by Gasteiger charge is 2.15. The summed E-state index contributed by atoms with van der Waals surface area (Å²) in [6.45, 7) is 7.35. The molecule has 0 spiro atoms. The molecule has 2 rings (SSSR count). The fraction of sp³-hybridized carbons (Fsp3) is 0.312. The maximum atomic E-state index is 13.3. The average Bonchev–Trinajstić information content (AvgIpc) is 2.36. The number of aryl methyl sites for hydroxylation is 2. The van der Waals surface area contributed by atoms with Gasteiger partial charge in [-0.2, -0.15) is 0 Å². The number of pyridine rings is 1. The molecule has 0 N–H and O–H groups in total. The molecule has 2 aromatic rings. The fourth-order valence-corrected chi connectivity index (χ4v) is 2.54. The Kier molecular flexibility index (Phi) is 4.52. The predicted molar refractivity (Wildman–Crippen MR) is 84.7 cm³/mol. The molecule has 0 radical (unpaired) electrons. The van der Waals surface area contributed by atoms with Crippen molar-refractivity contribution in [1.29, 1.82) is 0 Å². The number of aromatic nitrogens is 1. The minimum atomic E-state index is -0.316. The molecule has 0 saturated carbocycles. The van der Waals surface area contributed by atoms with Crippen LogP contribution in [0.1, 0.15) is 31.0 Å². The van der Waals surface area contributed by atoms with Crippen molar-refractivity contribution in [2.45, 2.75) is 33.7 Å². The van der Waals surface area contributed by atoms with Gasteiger partial charge in [0.1, 0.15) is 11.6 Å². The predicted octanol–water partition coefficient (Wildman–Crippen LogP) is 4.74. The maximum Gasteiger partial charge on any atom is 0.294 e. The van der Waals surface area contributed by atoms with Gasteiger partial charge in [-0.3, -0.25) is 4.79 Å². The molecule has 0 aliphatic rings. The Balaban J connectivity index is 2.55. The molecular formula is C16H17BrFNO2. The molecule has 112 valence electrons. The molecule has 5 heteroatoms. The largest absolute Gasteiger partial charge is 0.450 e. The van der Waals surface area contributed by atoms with E-state index in [0.29, 0.717) is 21.3 Å². The molecule has 21 heavy (non-hydrogen) atoms. The first-order valence-electron chi connectivity index (χ1n) is 6.66. The molecule has 0 unspecified atom stereocenters. The zero-order valence-corrected chi connectivity index (χ0v) is 14.0. The second-order valence-electron chi connectivity index (χ2n) is 5.27. The van der Waals surface area contributed by atoms with Crippen molar-refractivity contribution in [2.75, 3.05) is 0 Å². The number of ether oxygens (including phenoxy) is 1. The van der Waals surface area contributed by atoms with E-state index in [-0.39, 0.29) is 23.2 Å². The van der Waals surface area contributed by atoms with Crippen molar-refractivity contribution in [1.82, 2.24) is 4.57 Å². The number of benzene rings is 1. The lowest BCUT2D eigenvalue weighted by Crippen LogP contribution is -2.22. The molecule has 0 atom stereocenters. The van der Waals surface area contributed by atoms with E-state index in [1.54, 1.807) is 30.7 Å². The lowest BCUT2D eigenvalue weighted by molar-refractivity contribution is 0.447. The lowest BCUT2D eigenvalue weighted by atomic mass is 10.1. The third-order valence-electron chi connectivity index (χ3n) is 3.21. The van der Waals surface area contributed by atoms with Crippen LogP contribution < -0.4 is 10.3 Å². The van der Waals surface area contributed by atoms with Crippen LogP contribution in [0.15, 0.2) is 33.7 Å². The summed E-state index contributed by atoms with van der Waals surface area (Å²) in [6.07, 6.45) is 1.72. The summed E-state index contributed by atoms with van der Waals surface area (Å²) in [7, 11) is 0. The molecule has 0 aliphatic carbocycles. The minimum absolute atomic E-state index is 0.0309. The van der Waals surface area contributed by atoms with Gasteiger partial charge in [0.15, 0.2) is 0 Å². The van der Waals surface area contributed by atoms with Gasteiger partial charge in [0.2, 0.25) is 5.75 Å². The summed E-state index contributed by atoms with van der Waals surface area (Å²) in [5.74, 6) is 0.406. The van der Waals surface area contributed by atoms with Crippen molar-refractivity contribution >= 4 is 15.9 Å². The Morgan fingerprint density at radius 1 is 1.19 bits per heavy atom. The summed E-state index contributed by atoms with van der Waals surface area (Å²) < 4.78 is 21.3. The van der Waals surface area contributed by atoms with Crippen LogP contribution in [0.3, 0.4) is 0 Å². The average molecular weight is 354 g/mol. The zero-order chi connectivity index (χ0) is 15.7. The minimum Gasteiger partial charge on any atom is -0.450 e. The summed E-state index contributed by atoms with van der Waals surface area (Å²) in [5, 5.41) is 0. The second-order valence-corrected chi connectivity index (χ2v) is 6.12. The summed E-state index contributed by atoms with van der Waals surface area (Å²) in [4.78, 5) is 12.5. The van der Waals surface area contributed by atoms with Crippen LogP contribution in [0, 0.1) is 19.7 Å². The van der Waals surface area contributed by atoms with Gasteiger partial charge in [0, 0.05) is 12.2 Å². The third kappa shape index (κ3) is 3.18. The van der Waals surface area contributed by atoms with Crippen molar-refractivity contribution in [3.05, 3.63) is 56.2 Å². The van der Waals surface area contributed by atoms with E-state index in [9.17, 15) is 9.18 Å². The molecule has 1 aromatic carbocycles. The normalized spacial score (nSPS) is 11.0. The van der Waals surface area contributed by atoms with Crippen molar-refractivity contribution in [2.24, 2.45) is 0 Å². The first-order valence-corrected chi connectivity index (χ1v) is 7.45. The van der Waals surface area contributed by atoms with E-state index < -0.39 is 0 Å². The Labute approximate surface area is 131 Å². The van der Waals surface area contributed by atoms with E-state index in [1.807, 2.05) is 13.8 Å².